The lowest BCUT2D eigenvalue weighted by molar-refractivity contribution is 0.648. The fourth-order valence-electron chi connectivity index (χ4n) is 2.52. The van der Waals surface area contributed by atoms with Gasteiger partial charge >= 0.3 is 0 Å². The number of aryl methyl sites for hydroxylation is 1. The van der Waals surface area contributed by atoms with E-state index in [0.717, 1.165) is 28.2 Å². The van der Waals surface area contributed by atoms with E-state index in [1.807, 2.05) is 53.2 Å². The largest absolute Gasteiger partial charge is 0.308 e. The van der Waals surface area contributed by atoms with Crippen molar-refractivity contribution in [3.05, 3.63) is 47.9 Å². The average Bonchev–Trinajstić information content (AvgIpc) is 3.08. The van der Waals surface area contributed by atoms with Gasteiger partial charge in [0.15, 0.2) is 5.65 Å². The summed E-state index contributed by atoms with van der Waals surface area (Å²) in [5.74, 6) is 1.11. The van der Waals surface area contributed by atoms with E-state index in [9.17, 15) is 0 Å². The maximum absolute atomic E-state index is 4.59. The molecule has 0 bridgehead atoms. The van der Waals surface area contributed by atoms with Crippen molar-refractivity contribution in [2.24, 2.45) is 0 Å². The van der Waals surface area contributed by atoms with E-state index in [1.54, 1.807) is 6.20 Å². The van der Waals surface area contributed by atoms with Crippen LogP contribution >= 0.6 is 0 Å². The highest BCUT2D eigenvalue weighted by Crippen LogP contribution is 2.25. The van der Waals surface area contributed by atoms with Gasteiger partial charge in [-0.3, -0.25) is 4.98 Å². The molecule has 1 unspecified atom stereocenters. The molecule has 0 radical (unpaired) electrons. The van der Waals surface area contributed by atoms with Gasteiger partial charge in [-0.15, -0.1) is 0 Å². The highest BCUT2D eigenvalue weighted by Gasteiger charge is 2.17. The smallest absolute Gasteiger partial charge is 0.164 e. The molecule has 25 heavy (non-hydrogen) atoms. The van der Waals surface area contributed by atoms with Crippen LogP contribution in [0.15, 0.2) is 30.9 Å². The molecule has 3 rings (SSSR count). The molecule has 0 aromatic carbocycles. The van der Waals surface area contributed by atoms with Crippen molar-refractivity contribution in [3.8, 4) is 0 Å². The lowest BCUT2D eigenvalue weighted by Crippen LogP contribution is -2.08. The Kier molecular flexibility index (Phi) is 8.19. The van der Waals surface area contributed by atoms with Crippen LogP contribution in [0.3, 0.4) is 0 Å². The lowest BCUT2D eigenvalue weighted by atomic mass is 10.1. The normalized spacial score (nSPS) is 11.4. The van der Waals surface area contributed by atoms with Crippen LogP contribution in [0.1, 0.15) is 77.5 Å². The van der Waals surface area contributed by atoms with Gasteiger partial charge in [0.25, 0.3) is 0 Å². The van der Waals surface area contributed by atoms with Crippen molar-refractivity contribution in [1.82, 2.24) is 24.5 Å². The first kappa shape index (κ1) is 20.7. The van der Waals surface area contributed by atoms with Crippen LogP contribution in [0.25, 0.3) is 11.2 Å². The minimum Gasteiger partial charge on any atom is -0.308 e. The van der Waals surface area contributed by atoms with Crippen molar-refractivity contribution in [2.45, 2.75) is 67.3 Å². The number of fused-ring (bicyclic) bond motifs is 1. The molecule has 0 aliphatic heterocycles. The van der Waals surface area contributed by atoms with E-state index in [1.165, 1.54) is 0 Å². The van der Waals surface area contributed by atoms with Crippen LogP contribution in [-0.2, 0) is 0 Å². The molecule has 0 spiro atoms. The van der Waals surface area contributed by atoms with Crippen LogP contribution < -0.4 is 0 Å². The molecule has 3 aromatic heterocycles. The van der Waals surface area contributed by atoms with E-state index in [2.05, 4.69) is 51.3 Å². The molecule has 0 aliphatic rings. The Hall–Kier alpha value is -2.30. The summed E-state index contributed by atoms with van der Waals surface area (Å²) in [5.41, 5.74) is 3.93. The topological polar surface area (TPSA) is 56.5 Å². The number of nitrogens with zero attached hydrogens (tertiary/aromatic N) is 5. The maximum Gasteiger partial charge on any atom is 0.164 e. The van der Waals surface area contributed by atoms with Crippen molar-refractivity contribution < 1.29 is 0 Å². The van der Waals surface area contributed by atoms with Crippen molar-refractivity contribution in [3.63, 3.8) is 0 Å². The number of rotatable bonds is 3. The third kappa shape index (κ3) is 4.62. The molecule has 0 fully saturated rings. The highest BCUT2D eigenvalue weighted by atomic mass is 15.1. The monoisotopic (exact) mass is 341 g/mol. The first-order valence-corrected chi connectivity index (χ1v) is 9.19. The van der Waals surface area contributed by atoms with Crippen LogP contribution in [0, 0.1) is 6.92 Å². The maximum atomic E-state index is 4.59. The third-order valence-corrected chi connectivity index (χ3v) is 3.69. The zero-order chi connectivity index (χ0) is 19.0. The van der Waals surface area contributed by atoms with E-state index in [0.29, 0.717) is 5.92 Å². The van der Waals surface area contributed by atoms with Gasteiger partial charge in [-0.1, -0.05) is 47.6 Å². The predicted molar refractivity (Wildman–Crippen MR) is 105 cm³/mol. The summed E-state index contributed by atoms with van der Waals surface area (Å²) in [6.45, 7) is 16.3. The predicted octanol–water partition coefficient (Wildman–Crippen LogP) is 5.31. The molecule has 0 saturated carbocycles. The quantitative estimate of drug-likeness (QED) is 0.647. The Morgan fingerprint density at radius 3 is 2.24 bits per heavy atom. The summed E-state index contributed by atoms with van der Waals surface area (Å²) < 4.78 is 2.09. The zero-order valence-electron chi connectivity index (χ0n) is 16.8. The van der Waals surface area contributed by atoms with E-state index >= 15 is 0 Å². The number of hydrogen-bond donors (Lipinski definition) is 0. The van der Waals surface area contributed by atoms with Gasteiger partial charge in [0.1, 0.15) is 11.3 Å². The standard InChI is InChI=1S/C16H19N5.2C2H6/c1-10(2)14-15-16(20-12(4)19-14)21(9-18-15)11(3)13-6-5-7-17-8-13;2*1-2/h5-11H,1-4H3;2*1-2H3. The molecule has 136 valence electrons. The van der Waals surface area contributed by atoms with Crippen molar-refractivity contribution >= 4 is 11.2 Å². The Morgan fingerprint density at radius 1 is 1.00 bits per heavy atom. The summed E-state index contributed by atoms with van der Waals surface area (Å²) in [5, 5.41) is 0. The second-order valence-electron chi connectivity index (χ2n) is 5.60. The second-order valence-corrected chi connectivity index (χ2v) is 5.60. The molecule has 3 heterocycles. The fourth-order valence-corrected chi connectivity index (χ4v) is 2.52. The van der Waals surface area contributed by atoms with Crippen LogP contribution in [-0.4, -0.2) is 24.5 Å². The van der Waals surface area contributed by atoms with Gasteiger partial charge in [0, 0.05) is 12.4 Å². The van der Waals surface area contributed by atoms with Gasteiger partial charge in [0.05, 0.1) is 18.1 Å². The SMILES string of the molecule is CC.CC.Cc1nc(C(C)C)c2ncn(C(C)c3cccnc3)c2n1. The Balaban J connectivity index is 0.000000730. The van der Waals surface area contributed by atoms with Gasteiger partial charge < -0.3 is 4.57 Å². The molecule has 0 saturated heterocycles. The fraction of sp³-hybridized carbons (Fsp3) is 0.500. The summed E-state index contributed by atoms with van der Waals surface area (Å²) in [6, 6.07) is 4.16. The molecule has 5 heteroatoms. The zero-order valence-corrected chi connectivity index (χ0v) is 16.8. The Morgan fingerprint density at radius 2 is 1.68 bits per heavy atom. The lowest BCUT2D eigenvalue weighted by Gasteiger charge is -2.14. The van der Waals surface area contributed by atoms with Gasteiger partial charge in [-0.05, 0) is 31.4 Å². The number of hydrogen-bond acceptors (Lipinski definition) is 4. The molecular formula is C20H31N5. The first-order valence-electron chi connectivity index (χ1n) is 9.19. The van der Waals surface area contributed by atoms with Gasteiger partial charge in [-0.2, -0.15) is 0 Å². The van der Waals surface area contributed by atoms with E-state index in [-0.39, 0.29) is 6.04 Å². The third-order valence-electron chi connectivity index (χ3n) is 3.69. The molecule has 0 aliphatic carbocycles. The summed E-state index contributed by atoms with van der Waals surface area (Å²) >= 11 is 0. The van der Waals surface area contributed by atoms with Crippen LogP contribution in [0.5, 0.6) is 0 Å². The highest BCUT2D eigenvalue weighted by molar-refractivity contribution is 5.74. The number of aromatic nitrogens is 5. The minimum absolute atomic E-state index is 0.137. The Bertz CT molecular complexity index is 762. The summed E-state index contributed by atoms with van der Waals surface area (Å²) in [6.07, 6.45) is 5.52. The second kappa shape index (κ2) is 9.87. The molecule has 0 amide bonds. The Labute approximate surface area is 151 Å². The molecular weight excluding hydrogens is 310 g/mol. The first-order chi connectivity index (χ1) is 12.1. The molecule has 5 nitrogen and oxygen atoms in total. The van der Waals surface area contributed by atoms with Gasteiger partial charge in [0.2, 0.25) is 0 Å². The minimum atomic E-state index is 0.137. The van der Waals surface area contributed by atoms with Crippen LogP contribution in [0.2, 0.25) is 0 Å². The summed E-state index contributed by atoms with van der Waals surface area (Å²) in [7, 11) is 0. The number of pyridine rings is 1. The number of imidazole rings is 1. The van der Waals surface area contributed by atoms with E-state index < -0.39 is 0 Å². The van der Waals surface area contributed by atoms with Gasteiger partial charge in [-0.25, -0.2) is 15.0 Å². The van der Waals surface area contributed by atoms with Crippen molar-refractivity contribution in [1.29, 1.82) is 0 Å². The van der Waals surface area contributed by atoms with Crippen molar-refractivity contribution in [2.75, 3.05) is 0 Å². The average molecular weight is 342 g/mol. The molecule has 0 N–H and O–H groups in total. The summed E-state index contributed by atoms with van der Waals surface area (Å²) in [4.78, 5) is 17.9. The van der Waals surface area contributed by atoms with Crippen LogP contribution in [0.4, 0.5) is 0 Å². The molecule has 3 aromatic rings. The van der Waals surface area contributed by atoms with E-state index in [4.69, 9.17) is 0 Å². The molecule has 1 atom stereocenters.